The molecule has 0 aliphatic heterocycles. The van der Waals surface area contributed by atoms with Crippen LogP contribution in [0.1, 0.15) is 43.1 Å². The van der Waals surface area contributed by atoms with Crippen molar-refractivity contribution < 1.29 is 4.79 Å². The van der Waals surface area contributed by atoms with Crippen LogP contribution in [0.2, 0.25) is 0 Å². The first kappa shape index (κ1) is 14.7. The predicted octanol–water partition coefficient (Wildman–Crippen LogP) is 2.23. The van der Waals surface area contributed by atoms with Crippen molar-refractivity contribution in [3.8, 4) is 0 Å². The molecular formula is C14H25N3O. The molecule has 102 valence electrons. The van der Waals surface area contributed by atoms with Crippen molar-refractivity contribution in [2.45, 2.75) is 46.5 Å². The van der Waals surface area contributed by atoms with Crippen LogP contribution in [0, 0.1) is 13.8 Å². The summed E-state index contributed by atoms with van der Waals surface area (Å²) in [6.07, 6.45) is 3.57. The van der Waals surface area contributed by atoms with Crippen LogP contribution in [0.15, 0.2) is 0 Å². The number of hydrogen-bond acceptors (Lipinski definition) is 2. The van der Waals surface area contributed by atoms with E-state index in [4.69, 9.17) is 0 Å². The first-order valence-corrected chi connectivity index (χ1v) is 6.70. The normalized spacial score (nSPS) is 10.7. The number of amides is 1. The fraction of sp³-hybridized carbons (Fsp3) is 0.714. The van der Waals surface area contributed by atoms with Gasteiger partial charge in [-0.1, -0.05) is 13.3 Å². The molecule has 0 fully saturated rings. The fourth-order valence-corrected chi connectivity index (χ4v) is 2.12. The zero-order chi connectivity index (χ0) is 13.7. The van der Waals surface area contributed by atoms with Crippen molar-refractivity contribution in [1.82, 2.24) is 14.7 Å². The SMILES string of the molecule is CCCCN(C)C(=O)CCc1c(C)nn(C)c1C. The van der Waals surface area contributed by atoms with E-state index >= 15 is 0 Å². The van der Waals surface area contributed by atoms with E-state index in [9.17, 15) is 4.79 Å². The molecule has 1 amide bonds. The molecule has 4 heteroatoms. The molecule has 0 aliphatic rings. The predicted molar refractivity (Wildman–Crippen MR) is 73.5 cm³/mol. The Balaban J connectivity index is 2.52. The van der Waals surface area contributed by atoms with Gasteiger partial charge in [0, 0.05) is 32.8 Å². The van der Waals surface area contributed by atoms with Crippen LogP contribution in [-0.2, 0) is 18.3 Å². The van der Waals surface area contributed by atoms with E-state index in [2.05, 4.69) is 18.9 Å². The number of carbonyl (C=O) groups is 1. The monoisotopic (exact) mass is 251 g/mol. The van der Waals surface area contributed by atoms with E-state index < -0.39 is 0 Å². The Hall–Kier alpha value is -1.32. The van der Waals surface area contributed by atoms with Crippen LogP contribution in [0.3, 0.4) is 0 Å². The molecule has 1 rings (SSSR count). The minimum absolute atomic E-state index is 0.228. The van der Waals surface area contributed by atoms with Crippen LogP contribution in [0.4, 0.5) is 0 Å². The molecule has 0 bridgehead atoms. The summed E-state index contributed by atoms with van der Waals surface area (Å²) >= 11 is 0. The summed E-state index contributed by atoms with van der Waals surface area (Å²) in [6, 6.07) is 0. The lowest BCUT2D eigenvalue weighted by Gasteiger charge is -2.16. The zero-order valence-electron chi connectivity index (χ0n) is 12.3. The van der Waals surface area contributed by atoms with Crippen LogP contribution in [0.5, 0.6) is 0 Å². The van der Waals surface area contributed by atoms with Gasteiger partial charge in [-0.25, -0.2) is 0 Å². The highest BCUT2D eigenvalue weighted by atomic mass is 16.2. The summed E-state index contributed by atoms with van der Waals surface area (Å²) in [5.74, 6) is 0.228. The Morgan fingerprint density at radius 2 is 2.06 bits per heavy atom. The number of aromatic nitrogens is 2. The number of carbonyl (C=O) groups excluding carboxylic acids is 1. The van der Waals surface area contributed by atoms with Gasteiger partial charge in [-0.3, -0.25) is 9.48 Å². The van der Waals surface area contributed by atoms with Crippen molar-refractivity contribution in [1.29, 1.82) is 0 Å². The first-order valence-electron chi connectivity index (χ1n) is 6.70. The maximum Gasteiger partial charge on any atom is 0.222 e. The molecule has 0 saturated carbocycles. The molecule has 1 aromatic heterocycles. The highest BCUT2D eigenvalue weighted by Gasteiger charge is 2.13. The maximum absolute atomic E-state index is 12.0. The van der Waals surface area contributed by atoms with E-state index in [0.29, 0.717) is 6.42 Å². The summed E-state index contributed by atoms with van der Waals surface area (Å²) in [4.78, 5) is 13.8. The minimum atomic E-state index is 0.228. The van der Waals surface area contributed by atoms with Gasteiger partial charge in [-0.15, -0.1) is 0 Å². The summed E-state index contributed by atoms with van der Waals surface area (Å²) in [5.41, 5.74) is 3.42. The third-order valence-corrected chi connectivity index (χ3v) is 3.52. The smallest absolute Gasteiger partial charge is 0.222 e. The Bertz CT molecular complexity index is 409. The standard InChI is InChI=1S/C14H25N3O/c1-6-7-10-16(4)14(18)9-8-13-11(2)15-17(5)12(13)3/h6-10H2,1-5H3. The van der Waals surface area contributed by atoms with Crippen LogP contribution in [0.25, 0.3) is 0 Å². The number of hydrogen-bond donors (Lipinski definition) is 0. The average Bonchev–Trinajstić information content (AvgIpc) is 2.58. The Kier molecular flexibility index (Phi) is 5.38. The number of unbranched alkanes of at least 4 members (excludes halogenated alkanes) is 1. The van der Waals surface area contributed by atoms with Gasteiger partial charge in [-0.05, 0) is 32.3 Å². The van der Waals surface area contributed by atoms with Crippen molar-refractivity contribution in [2.24, 2.45) is 7.05 Å². The molecule has 0 aromatic carbocycles. The molecule has 0 spiro atoms. The number of aryl methyl sites for hydroxylation is 2. The molecule has 0 aliphatic carbocycles. The highest BCUT2D eigenvalue weighted by Crippen LogP contribution is 2.14. The van der Waals surface area contributed by atoms with E-state index in [1.807, 2.05) is 30.6 Å². The van der Waals surface area contributed by atoms with Gasteiger partial charge < -0.3 is 4.90 Å². The number of rotatable bonds is 6. The first-order chi connectivity index (χ1) is 8.47. The minimum Gasteiger partial charge on any atom is -0.346 e. The van der Waals surface area contributed by atoms with Crippen molar-refractivity contribution in [3.63, 3.8) is 0 Å². The van der Waals surface area contributed by atoms with Crippen LogP contribution >= 0.6 is 0 Å². The molecule has 1 heterocycles. The molecule has 0 saturated heterocycles. The zero-order valence-corrected chi connectivity index (χ0v) is 12.3. The van der Waals surface area contributed by atoms with E-state index in [-0.39, 0.29) is 5.91 Å². The molecule has 0 unspecified atom stereocenters. The van der Waals surface area contributed by atoms with Gasteiger partial charge in [0.05, 0.1) is 5.69 Å². The van der Waals surface area contributed by atoms with Crippen LogP contribution < -0.4 is 0 Å². The maximum atomic E-state index is 12.0. The molecule has 0 atom stereocenters. The molecule has 18 heavy (non-hydrogen) atoms. The van der Waals surface area contributed by atoms with E-state index in [1.165, 1.54) is 5.56 Å². The Morgan fingerprint density at radius 3 is 2.56 bits per heavy atom. The Morgan fingerprint density at radius 1 is 1.39 bits per heavy atom. The summed E-state index contributed by atoms with van der Waals surface area (Å²) in [7, 11) is 3.84. The fourth-order valence-electron chi connectivity index (χ4n) is 2.12. The molecule has 0 radical (unpaired) electrons. The second-order valence-corrected chi connectivity index (χ2v) is 4.94. The van der Waals surface area contributed by atoms with Crippen molar-refractivity contribution >= 4 is 5.91 Å². The quantitative estimate of drug-likeness (QED) is 0.777. The molecule has 0 N–H and O–H groups in total. The van der Waals surface area contributed by atoms with Gasteiger partial charge >= 0.3 is 0 Å². The highest BCUT2D eigenvalue weighted by molar-refractivity contribution is 5.76. The third kappa shape index (κ3) is 3.59. The van der Waals surface area contributed by atoms with E-state index in [1.54, 1.807) is 0 Å². The van der Waals surface area contributed by atoms with Crippen LogP contribution in [-0.4, -0.2) is 34.2 Å². The van der Waals surface area contributed by atoms with Gasteiger partial charge in [0.25, 0.3) is 0 Å². The molecular weight excluding hydrogens is 226 g/mol. The lowest BCUT2D eigenvalue weighted by molar-refractivity contribution is -0.129. The topological polar surface area (TPSA) is 38.1 Å². The van der Waals surface area contributed by atoms with Crippen molar-refractivity contribution in [3.05, 3.63) is 17.0 Å². The van der Waals surface area contributed by atoms with Gasteiger partial charge in [0.15, 0.2) is 0 Å². The second kappa shape index (κ2) is 6.57. The summed E-state index contributed by atoms with van der Waals surface area (Å²) in [5, 5.41) is 4.37. The Labute approximate surface area is 110 Å². The second-order valence-electron chi connectivity index (χ2n) is 4.94. The summed E-state index contributed by atoms with van der Waals surface area (Å²) in [6.45, 7) is 7.06. The lowest BCUT2D eigenvalue weighted by Crippen LogP contribution is -2.27. The lowest BCUT2D eigenvalue weighted by atomic mass is 10.1. The van der Waals surface area contributed by atoms with Gasteiger partial charge in [0.1, 0.15) is 0 Å². The average molecular weight is 251 g/mol. The van der Waals surface area contributed by atoms with Gasteiger partial charge in [0.2, 0.25) is 5.91 Å². The van der Waals surface area contributed by atoms with Gasteiger partial charge in [-0.2, -0.15) is 5.10 Å². The van der Waals surface area contributed by atoms with Crippen molar-refractivity contribution in [2.75, 3.05) is 13.6 Å². The molecule has 4 nitrogen and oxygen atoms in total. The third-order valence-electron chi connectivity index (χ3n) is 3.52. The van der Waals surface area contributed by atoms with E-state index in [0.717, 1.165) is 37.2 Å². The largest absolute Gasteiger partial charge is 0.346 e. The number of nitrogens with zero attached hydrogens (tertiary/aromatic N) is 3. The molecule has 1 aromatic rings. The summed E-state index contributed by atoms with van der Waals surface area (Å²) < 4.78 is 1.88.